The second-order valence-electron chi connectivity index (χ2n) is 4.84. The Morgan fingerprint density at radius 1 is 1.11 bits per heavy atom. The third-order valence-electron chi connectivity index (χ3n) is 3.17. The van der Waals surface area contributed by atoms with Gasteiger partial charge in [0.1, 0.15) is 11.7 Å². The number of aliphatic hydroxyl groups excluding tert-OH is 5. The Morgan fingerprint density at radius 3 is 2.06 bits per heavy atom. The minimum Gasteiger partial charge on any atom is -0.396 e. The molecule has 0 bridgehead atoms. The number of rotatable bonds is 9. The summed E-state index contributed by atoms with van der Waals surface area (Å²) in [5, 5.41) is 57.8. The fourth-order valence-electron chi connectivity index (χ4n) is 1.96. The SMILES string of the molecule is CCC(O)C(O)C(O)(CCCO)C(O)CC(C)O. The fraction of sp³-hybridized carbons (Fsp3) is 1.00. The summed E-state index contributed by atoms with van der Waals surface area (Å²) in [7, 11) is 0. The van der Waals surface area contributed by atoms with Gasteiger partial charge in [-0.3, -0.25) is 0 Å². The predicted molar refractivity (Wildman–Crippen MR) is 65.9 cm³/mol. The lowest BCUT2D eigenvalue weighted by atomic mass is 9.80. The molecule has 0 saturated heterocycles. The Bertz CT molecular complexity index is 223. The van der Waals surface area contributed by atoms with Crippen molar-refractivity contribution in [1.29, 1.82) is 0 Å². The molecule has 6 N–H and O–H groups in total. The molecule has 0 aliphatic carbocycles. The Labute approximate surface area is 108 Å². The van der Waals surface area contributed by atoms with Crippen LogP contribution in [0.15, 0.2) is 0 Å². The second kappa shape index (κ2) is 8.04. The topological polar surface area (TPSA) is 121 Å². The van der Waals surface area contributed by atoms with Gasteiger partial charge < -0.3 is 30.6 Å². The van der Waals surface area contributed by atoms with Gasteiger partial charge in [0.15, 0.2) is 0 Å². The van der Waals surface area contributed by atoms with Crippen molar-refractivity contribution in [3.8, 4) is 0 Å². The minimum atomic E-state index is -1.94. The van der Waals surface area contributed by atoms with E-state index in [0.29, 0.717) is 0 Å². The standard InChI is InChI=1S/C12H26O6/c1-3-9(15)11(17)12(18,5-4-6-13)10(16)7-8(2)14/h8-11,13-18H,3-7H2,1-2H3. The molecule has 0 aromatic rings. The summed E-state index contributed by atoms with van der Waals surface area (Å²) in [5.74, 6) is 0. The van der Waals surface area contributed by atoms with Crippen LogP contribution in [0.4, 0.5) is 0 Å². The van der Waals surface area contributed by atoms with Crippen molar-refractivity contribution < 1.29 is 30.6 Å². The highest BCUT2D eigenvalue weighted by Crippen LogP contribution is 2.28. The maximum absolute atomic E-state index is 10.3. The van der Waals surface area contributed by atoms with Crippen LogP contribution in [0.5, 0.6) is 0 Å². The molecule has 0 aromatic carbocycles. The molecule has 6 heteroatoms. The summed E-state index contributed by atoms with van der Waals surface area (Å²) >= 11 is 0. The van der Waals surface area contributed by atoms with Crippen LogP contribution in [0.2, 0.25) is 0 Å². The van der Waals surface area contributed by atoms with Crippen molar-refractivity contribution >= 4 is 0 Å². The van der Waals surface area contributed by atoms with Crippen molar-refractivity contribution in [2.45, 2.75) is 69.5 Å². The first-order valence-corrected chi connectivity index (χ1v) is 6.35. The molecule has 0 spiro atoms. The lowest BCUT2D eigenvalue weighted by molar-refractivity contribution is -0.187. The van der Waals surface area contributed by atoms with E-state index < -0.39 is 30.0 Å². The highest BCUT2D eigenvalue weighted by molar-refractivity contribution is 4.96. The van der Waals surface area contributed by atoms with Gasteiger partial charge in [0, 0.05) is 13.0 Å². The molecule has 0 saturated carbocycles. The molecule has 0 radical (unpaired) electrons. The summed E-state index contributed by atoms with van der Waals surface area (Å²) in [6.45, 7) is 2.90. The molecule has 18 heavy (non-hydrogen) atoms. The Kier molecular flexibility index (Phi) is 7.93. The molecule has 0 amide bonds. The lowest BCUT2D eigenvalue weighted by Gasteiger charge is -2.39. The Morgan fingerprint density at radius 2 is 1.67 bits per heavy atom. The van der Waals surface area contributed by atoms with Crippen LogP contribution in [0.1, 0.15) is 39.5 Å². The van der Waals surface area contributed by atoms with Crippen LogP contribution in [-0.2, 0) is 0 Å². The van der Waals surface area contributed by atoms with Crippen molar-refractivity contribution in [2.24, 2.45) is 0 Å². The monoisotopic (exact) mass is 266 g/mol. The van der Waals surface area contributed by atoms with Crippen molar-refractivity contribution in [1.82, 2.24) is 0 Å². The summed E-state index contributed by atoms with van der Waals surface area (Å²) < 4.78 is 0. The van der Waals surface area contributed by atoms with Gasteiger partial charge in [0.25, 0.3) is 0 Å². The van der Waals surface area contributed by atoms with Gasteiger partial charge in [0.2, 0.25) is 0 Å². The van der Waals surface area contributed by atoms with E-state index >= 15 is 0 Å². The molecular weight excluding hydrogens is 240 g/mol. The van der Waals surface area contributed by atoms with Crippen LogP contribution in [0, 0.1) is 0 Å². The molecule has 5 unspecified atom stereocenters. The van der Waals surface area contributed by atoms with E-state index in [0.717, 1.165) is 0 Å². The fourth-order valence-corrected chi connectivity index (χ4v) is 1.96. The van der Waals surface area contributed by atoms with E-state index in [1.54, 1.807) is 6.92 Å². The molecule has 0 fully saturated rings. The second-order valence-corrected chi connectivity index (χ2v) is 4.84. The molecule has 0 aliphatic heterocycles. The van der Waals surface area contributed by atoms with Gasteiger partial charge in [0.05, 0.1) is 18.3 Å². The largest absolute Gasteiger partial charge is 0.396 e. The summed E-state index contributed by atoms with van der Waals surface area (Å²) in [6, 6.07) is 0. The first kappa shape index (κ1) is 17.8. The zero-order chi connectivity index (χ0) is 14.3. The van der Waals surface area contributed by atoms with Crippen LogP contribution < -0.4 is 0 Å². The molecule has 110 valence electrons. The van der Waals surface area contributed by atoms with Crippen molar-refractivity contribution in [3.05, 3.63) is 0 Å². The average Bonchev–Trinajstić information content (AvgIpc) is 2.32. The highest BCUT2D eigenvalue weighted by atomic mass is 16.4. The molecule has 0 rings (SSSR count). The van der Waals surface area contributed by atoms with E-state index in [1.165, 1.54) is 6.92 Å². The van der Waals surface area contributed by atoms with Crippen LogP contribution in [0.3, 0.4) is 0 Å². The first-order chi connectivity index (χ1) is 8.29. The summed E-state index contributed by atoms with van der Waals surface area (Å²) in [6.07, 6.45) is -4.68. The van der Waals surface area contributed by atoms with Crippen molar-refractivity contribution in [3.63, 3.8) is 0 Å². The minimum absolute atomic E-state index is 0.0599. The van der Waals surface area contributed by atoms with Gasteiger partial charge in [-0.05, 0) is 26.2 Å². The van der Waals surface area contributed by atoms with E-state index in [4.69, 9.17) is 5.11 Å². The predicted octanol–water partition coefficient (Wildman–Crippen LogP) is -1.25. The number of hydrogen-bond donors (Lipinski definition) is 6. The zero-order valence-corrected chi connectivity index (χ0v) is 11.0. The molecular formula is C12H26O6. The van der Waals surface area contributed by atoms with Gasteiger partial charge in [-0.1, -0.05) is 6.92 Å². The molecule has 0 aromatic heterocycles. The third kappa shape index (κ3) is 4.79. The number of aliphatic hydroxyl groups is 6. The quantitative estimate of drug-likeness (QED) is 0.310. The van der Waals surface area contributed by atoms with Gasteiger partial charge in [-0.15, -0.1) is 0 Å². The van der Waals surface area contributed by atoms with Gasteiger partial charge >= 0.3 is 0 Å². The first-order valence-electron chi connectivity index (χ1n) is 6.35. The molecule has 5 atom stereocenters. The van der Waals surface area contributed by atoms with E-state index in [2.05, 4.69) is 0 Å². The van der Waals surface area contributed by atoms with Gasteiger partial charge in [-0.25, -0.2) is 0 Å². The summed E-state index contributed by atoms with van der Waals surface area (Å²) in [4.78, 5) is 0. The average molecular weight is 266 g/mol. The Balaban J connectivity index is 4.90. The zero-order valence-electron chi connectivity index (χ0n) is 11.0. The normalized spacial score (nSPS) is 22.0. The van der Waals surface area contributed by atoms with Crippen LogP contribution >= 0.6 is 0 Å². The van der Waals surface area contributed by atoms with E-state index in [1.807, 2.05) is 0 Å². The van der Waals surface area contributed by atoms with E-state index in [-0.39, 0.29) is 32.3 Å². The molecule has 0 heterocycles. The Hall–Kier alpha value is -0.240. The van der Waals surface area contributed by atoms with Crippen LogP contribution in [-0.4, -0.2) is 67.3 Å². The third-order valence-corrected chi connectivity index (χ3v) is 3.17. The maximum Gasteiger partial charge on any atom is 0.119 e. The maximum atomic E-state index is 10.3. The van der Waals surface area contributed by atoms with E-state index in [9.17, 15) is 25.5 Å². The number of hydrogen-bond acceptors (Lipinski definition) is 6. The molecule has 0 aliphatic rings. The molecule has 6 nitrogen and oxygen atoms in total. The lowest BCUT2D eigenvalue weighted by Crippen LogP contribution is -2.57. The van der Waals surface area contributed by atoms with Crippen molar-refractivity contribution in [2.75, 3.05) is 6.61 Å². The van der Waals surface area contributed by atoms with Crippen LogP contribution in [0.25, 0.3) is 0 Å². The smallest absolute Gasteiger partial charge is 0.119 e. The highest BCUT2D eigenvalue weighted by Gasteiger charge is 2.45. The van der Waals surface area contributed by atoms with Gasteiger partial charge in [-0.2, -0.15) is 0 Å². The summed E-state index contributed by atoms with van der Waals surface area (Å²) in [5.41, 5.74) is -1.94.